The predicted octanol–water partition coefficient (Wildman–Crippen LogP) is 6.14. The highest BCUT2D eigenvalue weighted by molar-refractivity contribution is 7.46. The summed E-state index contributed by atoms with van der Waals surface area (Å²) >= 11 is 0. The number of allylic oxidation sites excluding steroid dienone is 3. The molecule has 0 amide bonds. The molecule has 0 radical (unpaired) electrons. The van der Waals surface area contributed by atoms with Gasteiger partial charge in [-0.25, -0.2) is 4.57 Å². The van der Waals surface area contributed by atoms with Gasteiger partial charge < -0.3 is 24.5 Å². The SMILES string of the molecule is C=C1/C(=C\C=C2/CCC[C@]3(C)[C@@H]([C@H](C)CCCC(C)(C)O)CC[C@@H]23)CC(C(C[N+](C)(C)C)OP(=O)(O)O)CC1O. The van der Waals surface area contributed by atoms with E-state index in [0.29, 0.717) is 47.2 Å². The Morgan fingerprint density at radius 1 is 1.23 bits per heavy atom. The fraction of sp³-hybridized carbons (Fsp3) is 0.812. The van der Waals surface area contributed by atoms with E-state index >= 15 is 0 Å². The maximum absolute atomic E-state index is 11.8. The minimum atomic E-state index is -4.67. The Morgan fingerprint density at radius 2 is 1.90 bits per heavy atom. The molecule has 7 atom stereocenters. The van der Waals surface area contributed by atoms with Crippen molar-refractivity contribution in [1.82, 2.24) is 0 Å². The molecule has 3 aliphatic carbocycles. The van der Waals surface area contributed by atoms with Crippen LogP contribution in [0.5, 0.6) is 0 Å². The smallest absolute Gasteiger partial charge is 0.390 e. The molecule has 0 heterocycles. The van der Waals surface area contributed by atoms with Gasteiger partial charge in [0.1, 0.15) is 12.6 Å². The van der Waals surface area contributed by atoms with E-state index in [1.807, 2.05) is 35.0 Å². The quantitative estimate of drug-likeness (QED) is 0.172. The molecule has 0 saturated heterocycles. The Morgan fingerprint density at radius 3 is 2.50 bits per heavy atom. The summed E-state index contributed by atoms with van der Waals surface area (Å²) in [5, 5.41) is 21.0. The van der Waals surface area contributed by atoms with Crippen LogP contribution in [0.15, 0.2) is 35.5 Å². The number of hydrogen-bond acceptors (Lipinski definition) is 4. The average molecular weight is 583 g/mol. The van der Waals surface area contributed by atoms with Gasteiger partial charge in [0.05, 0.1) is 32.8 Å². The molecule has 3 aliphatic rings. The summed E-state index contributed by atoms with van der Waals surface area (Å²) in [6, 6.07) is 0. The first-order valence-electron chi connectivity index (χ1n) is 15.3. The number of aliphatic hydroxyl groups excluding tert-OH is 1. The normalized spacial score (nSPS) is 33.8. The van der Waals surface area contributed by atoms with E-state index in [4.69, 9.17) is 4.52 Å². The standard InChI is InChI=1S/C32H56NO6P/c1-22(11-9-17-31(3,4)35)27-15-16-28-24(12-10-18-32(27,28)5)13-14-25-19-26(20-29(34)23(25)2)30(21-33(6,7)8)39-40(36,37)38/h13-14,22,26-30,34-35H,2,9-12,15-21H2,1,3-8H3,(H-,36,37,38)/p+1/b24-13+,25-14-/t22-,26?,27-,28+,29?,30?,32-/m1/s1. The lowest BCUT2D eigenvalue weighted by molar-refractivity contribution is -0.873. The Balaban J connectivity index is 1.78. The van der Waals surface area contributed by atoms with Gasteiger partial charge in [0, 0.05) is 0 Å². The van der Waals surface area contributed by atoms with Crippen molar-refractivity contribution in [2.24, 2.45) is 29.1 Å². The Labute approximate surface area is 243 Å². The minimum absolute atomic E-state index is 0.215. The fourth-order valence-electron chi connectivity index (χ4n) is 8.06. The fourth-order valence-corrected chi connectivity index (χ4v) is 8.65. The molecule has 0 aliphatic heterocycles. The molecule has 3 saturated carbocycles. The van der Waals surface area contributed by atoms with Crippen LogP contribution in [0.1, 0.15) is 91.9 Å². The van der Waals surface area contributed by atoms with Gasteiger partial charge >= 0.3 is 7.82 Å². The number of likely N-dealkylation sites (N-methyl/N-ethyl adjacent to an activating group) is 1. The van der Waals surface area contributed by atoms with Crippen LogP contribution >= 0.6 is 7.82 Å². The first-order chi connectivity index (χ1) is 18.3. The number of quaternary nitrogens is 1. The highest BCUT2D eigenvalue weighted by atomic mass is 31.2. The van der Waals surface area contributed by atoms with Crippen molar-refractivity contribution in [1.29, 1.82) is 0 Å². The van der Waals surface area contributed by atoms with Crippen molar-refractivity contribution in [3.63, 3.8) is 0 Å². The highest BCUT2D eigenvalue weighted by Crippen LogP contribution is 2.60. The van der Waals surface area contributed by atoms with E-state index in [1.165, 1.54) is 31.3 Å². The van der Waals surface area contributed by atoms with Crippen molar-refractivity contribution in [2.45, 2.75) is 110 Å². The third kappa shape index (κ3) is 9.10. The molecule has 0 aromatic heterocycles. The second-order valence-electron chi connectivity index (χ2n) is 15.1. The van der Waals surface area contributed by atoms with E-state index in [0.717, 1.165) is 31.3 Å². The van der Waals surface area contributed by atoms with Crippen molar-refractivity contribution in [3.8, 4) is 0 Å². The zero-order chi connectivity index (χ0) is 30.1. The zero-order valence-corrected chi connectivity index (χ0v) is 27.0. The van der Waals surface area contributed by atoms with Crippen LogP contribution in [-0.4, -0.2) is 70.0 Å². The van der Waals surface area contributed by atoms with Crippen LogP contribution in [-0.2, 0) is 9.09 Å². The number of phosphoric ester groups is 1. The molecular weight excluding hydrogens is 525 g/mol. The second kappa shape index (κ2) is 12.8. The molecule has 7 nitrogen and oxygen atoms in total. The van der Waals surface area contributed by atoms with Gasteiger partial charge in [-0.1, -0.05) is 51.0 Å². The van der Waals surface area contributed by atoms with Gasteiger partial charge in [0.15, 0.2) is 0 Å². The number of phosphoric acid groups is 1. The van der Waals surface area contributed by atoms with Crippen molar-refractivity contribution in [3.05, 3.63) is 35.5 Å². The molecular formula is C32H57NO6P+. The molecule has 0 aromatic rings. The maximum atomic E-state index is 11.8. The number of hydrogen-bond donors (Lipinski definition) is 4. The van der Waals surface area contributed by atoms with Crippen molar-refractivity contribution in [2.75, 3.05) is 27.7 Å². The lowest BCUT2D eigenvalue weighted by Crippen LogP contribution is -2.46. The van der Waals surface area contributed by atoms with E-state index in [2.05, 4.69) is 32.6 Å². The zero-order valence-electron chi connectivity index (χ0n) is 26.1. The van der Waals surface area contributed by atoms with E-state index in [1.54, 1.807) is 0 Å². The molecule has 3 rings (SSSR count). The first-order valence-corrected chi connectivity index (χ1v) is 16.9. The maximum Gasteiger partial charge on any atom is 0.470 e. The molecule has 0 aromatic carbocycles. The Hall–Kier alpha value is -0.790. The molecule has 4 N–H and O–H groups in total. The molecule has 8 heteroatoms. The summed E-state index contributed by atoms with van der Waals surface area (Å²) in [5.74, 6) is 1.66. The largest absolute Gasteiger partial charge is 0.470 e. The number of fused-ring (bicyclic) bond motifs is 1. The van der Waals surface area contributed by atoms with Crippen molar-refractivity contribution < 1.29 is 33.6 Å². The molecule has 230 valence electrons. The molecule has 3 unspecified atom stereocenters. The lowest BCUT2D eigenvalue weighted by Gasteiger charge is -2.44. The van der Waals surface area contributed by atoms with Crippen molar-refractivity contribution >= 4 is 7.82 Å². The number of nitrogens with zero attached hydrogens (tertiary/aromatic N) is 1. The van der Waals surface area contributed by atoms with Crippen LogP contribution < -0.4 is 0 Å². The summed E-state index contributed by atoms with van der Waals surface area (Å²) in [6.45, 7) is 13.3. The third-order valence-electron chi connectivity index (χ3n) is 10.0. The molecule has 0 spiro atoms. The Bertz CT molecular complexity index is 1000. The summed E-state index contributed by atoms with van der Waals surface area (Å²) in [7, 11) is 1.24. The van der Waals surface area contributed by atoms with Gasteiger partial charge in [-0.2, -0.15) is 0 Å². The predicted molar refractivity (Wildman–Crippen MR) is 161 cm³/mol. The third-order valence-corrected chi connectivity index (χ3v) is 10.6. The topological polar surface area (TPSA) is 107 Å². The average Bonchev–Trinajstić information content (AvgIpc) is 3.14. The van der Waals surface area contributed by atoms with Gasteiger partial charge in [0.2, 0.25) is 0 Å². The van der Waals surface area contributed by atoms with E-state index < -0.39 is 25.6 Å². The van der Waals surface area contributed by atoms with Gasteiger partial charge in [0.25, 0.3) is 0 Å². The van der Waals surface area contributed by atoms with Gasteiger partial charge in [-0.3, -0.25) is 4.52 Å². The van der Waals surface area contributed by atoms with Gasteiger partial charge in [-0.15, -0.1) is 0 Å². The highest BCUT2D eigenvalue weighted by Gasteiger charge is 2.50. The number of rotatable bonds is 11. The minimum Gasteiger partial charge on any atom is -0.390 e. The summed E-state index contributed by atoms with van der Waals surface area (Å²) in [5.41, 5.74) is 2.84. The van der Waals surface area contributed by atoms with Crippen LogP contribution in [0.4, 0.5) is 0 Å². The summed E-state index contributed by atoms with van der Waals surface area (Å²) < 4.78 is 17.6. The summed E-state index contributed by atoms with van der Waals surface area (Å²) in [4.78, 5) is 19.2. The van der Waals surface area contributed by atoms with Gasteiger partial charge in [-0.05, 0) is 105 Å². The van der Waals surface area contributed by atoms with E-state index in [-0.39, 0.29) is 11.3 Å². The first kappa shape index (κ1) is 33.7. The van der Waals surface area contributed by atoms with Crippen LogP contribution in [0.25, 0.3) is 0 Å². The number of aliphatic hydroxyl groups is 2. The van der Waals surface area contributed by atoms with Crippen LogP contribution in [0.2, 0.25) is 0 Å². The molecule has 40 heavy (non-hydrogen) atoms. The monoisotopic (exact) mass is 582 g/mol. The lowest BCUT2D eigenvalue weighted by atomic mass is 9.60. The van der Waals surface area contributed by atoms with Crippen LogP contribution in [0, 0.1) is 29.1 Å². The van der Waals surface area contributed by atoms with Crippen LogP contribution in [0.3, 0.4) is 0 Å². The van der Waals surface area contributed by atoms with E-state index in [9.17, 15) is 24.6 Å². The summed E-state index contributed by atoms with van der Waals surface area (Å²) in [6.07, 6.45) is 13.0. The molecule has 0 bridgehead atoms. The Kier molecular flexibility index (Phi) is 10.8. The second-order valence-corrected chi connectivity index (χ2v) is 16.3. The molecule has 3 fully saturated rings.